The highest BCUT2D eigenvalue weighted by Gasteiger charge is 2.53. The third-order valence-electron chi connectivity index (χ3n) is 6.25. The average Bonchev–Trinajstić information content (AvgIpc) is 3.23. The van der Waals surface area contributed by atoms with Crippen LogP contribution in [0.2, 0.25) is 0 Å². The second-order valence-electron chi connectivity index (χ2n) is 8.13. The summed E-state index contributed by atoms with van der Waals surface area (Å²) in [6.45, 7) is 0.411. The average molecular weight is 368 g/mol. The van der Waals surface area contributed by atoms with Crippen LogP contribution in [0, 0.1) is 0 Å². The van der Waals surface area contributed by atoms with Crippen molar-refractivity contribution in [3.8, 4) is 0 Å². The van der Waals surface area contributed by atoms with E-state index >= 15 is 0 Å². The van der Waals surface area contributed by atoms with Crippen molar-refractivity contribution in [1.82, 2.24) is 0 Å². The van der Waals surface area contributed by atoms with E-state index in [9.17, 15) is 5.11 Å². The van der Waals surface area contributed by atoms with Crippen molar-refractivity contribution in [1.29, 1.82) is 0 Å². The van der Waals surface area contributed by atoms with Gasteiger partial charge in [-0.3, -0.25) is 0 Å². The van der Waals surface area contributed by atoms with Crippen molar-refractivity contribution in [2.24, 2.45) is 0 Å². The molecule has 4 fully saturated rings. The lowest BCUT2D eigenvalue weighted by molar-refractivity contribution is -0.216. The molecule has 4 aliphatic rings. The predicted octanol–water partition coefficient (Wildman–Crippen LogP) is 3.03. The van der Waals surface area contributed by atoms with Crippen LogP contribution in [0.1, 0.15) is 64.2 Å². The van der Waals surface area contributed by atoms with Gasteiger partial charge in [0, 0.05) is 25.7 Å². The number of ether oxygens (including phenoxy) is 5. The van der Waals surface area contributed by atoms with Crippen LogP contribution < -0.4 is 0 Å². The van der Waals surface area contributed by atoms with E-state index in [0.717, 1.165) is 51.4 Å². The van der Waals surface area contributed by atoms with Gasteiger partial charge in [-0.2, -0.15) is 0 Å². The van der Waals surface area contributed by atoms with Gasteiger partial charge in [0.15, 0.2) is 11.6 Å². The third kappa shape index (κ3) is 3.67. The van der Waals surface area contributed by atoms with Crippen LogP contribution >= 0.6 is 0 Å². The fraction of sp³-hybridized carbons (Fsp3) is 0.900. The van der Waals surface area contributed by atoms with E-state index in [1.165, 1.54) is 12.8 Å². The summed E-state index contributed by atoms with van der Waals surface area (Å²) < 4.78 is 29.9. The van der Waals surface area contributed by atoms with Crippen LogP contribution in [0.4, 0.5) is 0 Å². The topological polar surface area (TPSA) is 66.4 Å². The molecular formula is C20H32O6. The standard InChI is InChI=1S/C20H32O6/c1-22-13-8-15-18(26-20(24-15)11-6-3-7-12-20)17(21)16-14-23-19(25-16)9-4-2-5-10-19/h8,13,15-18,21H,2-7,9-12,14H2,1H3/b13-8+/t15?,16-,17?,18?/m1/s1. The van der Waals surface area contributed by atoms with Crippen molar-refractivity contribution < 1.29 is 28.8 Å². The Hall–Kier alpha value is -0.660. The molecule has 3 unspecified atom stereocenters. The normalized spacial score (nSPS) is 37.5. The molecule has 6 nitrogen and oxygen atoms in total. The molecule has 26 heavy (non-hydrogen) atoms. The Labute approximate surface area is 155 Å². The Morgan fingerprint density at radius 1 is 0.923 bits per heavy atom. The van der Waals surface area contributed by atoms with Crippen LogP contribution in [0.25, 0.3) is 0 Å². The van der Waals surface area contributed by atoms with Gasteiger partial charge in [0.05, 0.1) is 20.0 Å². The van der Waals surface area contributed by atoms with E-state index in [1.807, 2.05) is 6.08 Å². The first-order valence-corrected chi connectivity index (χ1v) is 10.2. The Kier molecular flexibility index (Phi) is 5.58. The molecule has 2 aliphatic heterocycles. The smallest absolute Gasteiger partial charge is 0.169 e. The van der Waals surface area contributed by atoms with Gasteiger partial charge in [-0.1, -0.05) is 12.8 Å². The zero-order chi connectivity index (χ0) is 18.0. The second kappa shape index (κ2) is 7.76. The first-order valence-electron chi connectivity index (χ1n) is 10.2. The van der Waals surface area contributed by atoms with Crippen molar-refractivity contribution in [3.63, 3.8) is 0 Å². The molecule has 0 radical (unpaired) electrons. The fourth-order valence-corrected chi connectivity index (χ4v) is 4.86. The number of methoxy groups -OCH3 is 1. The van der Waals surface area contributed by atoms with Crippen molar-refractivity contribution in [2.75, 3.05) is 13.7 Å². The van der Waals surface area contributed by atoms with E-state index < -0.39 is 23.8 Å². The van der Waals surface area contributed by atoms with Gasteiger partial charge in [-0.05, 0) is 31.8 Å². The molecule has 4 atom stereocenters. The SMILES string of the molecule is CO/C=C/C1OC2(CCCCC2)OC1C(O)[C@H]1COC2(CCCCC2)O1. The molecule has 4 rings (SSSR count). The summed E-state index contributed by atoms with van der Waals surface area (Å²) in [5.41, 5.74) is 0. The van der Waals surface area contributed by atoms with Gasteiger partial charge in [0.1, 0.15) is 24.4 Å². The van der Waals surface area contributed by atoms with Crippen LogP contribution in [-0.4, -0.2) is 54.8 Å². The van der Waals surface area contributed by atoms with Crippen LogP contribution in [0.5, 0.6) is 0 Å². The maximum Gasteiger partial charge on any atom is 0.169 e. The van der Waals surface area contributed by atoms with Crippen LogP contribution in [0.15, 0.2) is 12.3 Å². The number of hydrogen-bond donors (Lipinski definition) is 1. The molecule has 1 N–H and O–H groups in total. The first-order chi connectivity index (χ1) is 12.7. The summed E-state index contributed by atoms with van der Waals surface area (Å²) >= 11 is 0. The monoisotopic (exact) mass is 368 g/mol. The zero-order valence-corrected chi connectivity index (χ0v) is 15.7. The largest absolute Gasteiger partial charge is 0.505 e. The Bertz CT molecular complexity index is 495. The predicted molar refractivity (Wildman–Crippen MR) is 94.4 cm³/mol. The van der Waals surface area contributed by atoms with Gasteiger partial charge >= 0.3 is 0 Å². The zero-order valence-electron chi connectivity index (χ0n) is 15.7. The minimum atomic E-state index is -0.788. The van der Waals surface area contributed by atoms with E-state index in [0.29, 0.717) is 6.61 Å². The quantitative estimate of drug-likeness (QED) is 0.770. The van der Waals surface area contributed by atoms with Gasteiger partial charge < -0.3 is 28.8 Å². The number of aliphatic hydroxyl groups is 1. The summed E-state index contributed by atoms with van der Waals surface area (Å²) in [4.78, 5) is 0. The summed E-state index contributed by atoms with van der Waals surface area (Å²) in [6, 6.07) is 0. The number of rotatable bonds is 4. The van der Waals surface area contributed by atoms with Crippen molar-refractivity contribution in [3.05, 3.63) is 12.3 Å². The molecule has 2 spiro atoms. The molecule has 0 aromatic heterocycles. The van der Waals surface area contributed by atoms with E-state index in [1.54, 1.807) is 13.4 Å². The number of aliphatic hydroxyl groups excluding tert-OH is 1. The first kappa shape index (κ1) is 18.7. The van der Waals surface area contributed by atoms with E-state index in [2.05, 4.69) is 0 Å². The lowest BCUT2D eigenvalue weighted by atomic mass is 9.94. The van der Waals surface area contributed by atoms with Crippen LogP contribution in [0.3, 0.4) is 0 Å². The van der Waals surface area contributed by atoms with Crippen LogP contribution in [-0.2, 0) is 23.7 Å². The molecule has 2 saturated carbocycles. The molecule has 2 aliphatic carbocycles. The lowest BCUT2D eigenvalue weighted by Crippen LogP contribution is -2.45. The van der Waals surface area contributed by atoms with Crippen molar-refractivity contribution in [2.45, 2.75) is 100 Å². The molecule has 0 aromatic carbocycles. The van der Waals surface area contributed by atoms with Crippen molar-refractivity contribution >= 4 is 0 Å². The molecular weight excluding hydrogens is 336 g/mol. The third-order valence-corrected chi connectivity index (χ3v) is 6.25. The summed E-state index contributed by atoms with van der Waals surface area (Å²) in [5, 5.41) is 11.1. The second-order valence-corrected chi connectivity index (χ2v) is 8.13. The van der Waals surface area contributed by atoms with Gasteiger partial charge in [-0.15, -0.1) is 0 Å². The summed E-state index contributed by atoms with van der Waals surface area (Å²) in [5.74, 6) is -1.07. The minimum absolute atomic E-state index is 0.338. The van der Waals surface area contributed by atoms with Gasteiger partial charge in [0.25, 0.3) is 0 Å². The molecule has 2 heterocycles. The highest BCUT2D eigenvalue weighted by Crippen LogP contribution is 2.44. The molecule has 0 aromatic rings. The van der Waals surface area contributed by atoms with Gasteiger partial charge in [-0.25, -0.2) is 0 Å². The summed E-state index contributed by atoms with van der Waals surface area (Å²) in [6.07, 6.45) is 11.9. The summed E-state index contributed by atoms with van der Waals surface area (Å²) in [7, 11) is 1.61. The fourth-order valence-electron chi connectivity index (χ4n) is 4.86. The lowest BCUT2D eigenvalue weighted by Gasteiger charge is -2.34. The minimum Gasteiger partial charge on any atom is -0.505 e. The number of hydrogen-bond acceptors (Lipinski definition) is 6. The molecule has 2 saturated heterocycles. The molecule has 0 amide bonds. The van der Waals surface area contributed by atoms with Gasteiger partial charge in [0.2, 0.25) is 0 Å². The maximum absolute atomic E-state index is 11.1. The highest BCUT2D eigenvalue weighted by molar-refractivity contribution is 5.03. The van der Waals surface area contributed by atoms with E-state index in [4.69, 9.17) is 23.7 Å². The Morgan fingerprint density at radius 3 is 2.23 bits per heavy atom. The maximum atomic E-state index is 11.1. The van der Waals surface area contributed by atoms with E-state index in [-0.39, 0.29) is 12.2 Å². The molecule has 6 heteroatoms. The Balaban J connectivity index is 1.46. The Morgan fingerprint density at radius 2 is 1.58 bits per heavy atom. The molecule has 148 valence electrons. The highest BCUT2D eigenvalue weighted by atomic mass is 16.8. The molecule has 0 bridgehead atoms.